The van der Waals surface area contributed by atoms with Gasteiger partial charge in [0.1, 0.15) is 0 Å². The molecule has 0 spiro atoms. The SMILES string of the molecule is O=C1C(c2ccccc2)=C(c2ccccc2)c2ccc(Cl)cc21. The Hall–Kier alpha value is -2.64. The maximum atomic E-state index is 13.0. The molecule has 4 rings (SSSR count). The molecule has 0 fully saturated rings. The van der Waals surface area contributed by atoms with E-state index in [0.717, 1.165) is 27.8 Å². The first-order valence-electron chi connectivity index (χ1n) is 7.45. The Labute approximate surface area is 139 Å². The van der Waals surface area contributed by atoms with Crippen LogP contribution in [0.5, 0.6) is 0 Å². The molecule has 0 heterocycles. The zero-order valence-electron chi connectivity index (χ0n) is 12.3. The number of ketones is 1. The summed E-state index contributed by atoms with van der Waals surface area (Å²) >= 11 is 6.11. The van der Waals surface area contributed by atoms with Crippen molar-refractivity contribution >= 4 is 28.5 Å². The second-order valence-electron chi connectivity index (χ2n) is 5.50. The molecule has 110 valence electrons. The Bertz CT molecular complexity index is 925. The Morgan fingerprint density at radius 2 is 1.17 bits per heavy atom. The Kier molecular flexibility index (Phi) is 3.36. The number of hydrogen-bond acceptors (Lipinski definition) is 1. The quantitative estimate of drug-likeness (QED) is 0.610. The van der Waals surface area contributed by atoms with Gasteiger partial charge in [-0.05, 0) is 28.8 Å². The van der Waals surface area contributed by atoms with Gasteiger partial charge in [0.25, 0.3) is 0 Å². The Morgan fingerprint density at radius 3 is 1.78 bits per heavy atom. The first-order chi connectivity index (χ1) is 11.3. The van der Waals surface area contributed by atoms with Crippen LogP contribution in [-0.2, 0) is 0 Å². The number of rotatable bonds is 2. The summed E-state index contributed by atoms with van der Waals surface area (Å²) in [6.45, 7) is 0. The molecule has 0 amide bonds. The fourth-order valence-corrected chi connectivity index (χ4v) is 3.26. The van der Waals surface area contributed by atoms with Gasteiger partial charge in [0.15, 0.2) is 5.78 Å². The predicted molar refractivity (Wildman–Crippen MR) is 94.6 cm³/mol. The van der Waals surface area contributed by atoms with Crippen molar-refractivity contribution in [1.29, 1.82) is 0 Å². The molecule has 0 saturated heterocycles. The minimum Gasteiger partial charge on any atom is -0.289 e. The maximum absolute atomic E-state index is 13.0. The van der Waals surface area contributed by atoms with Crippen LogP contribution in [-0.4, -0.2) is 5.78 Å². The lowest BCUT2D eigenvalue weighted by molar-refractivity contribution is 0.105. The van der Waals surface area contributed by atoms with E-state index < -0.39 is 0 Å². The van der Waals surface area contributed by atoms with Crippen molar-refractivity contribution in [2.24, 2.45) is 0 Å². The van der Waals surface area contributed by atoms with Gasteiger partial charge in [-0.25, -0.2) is 0 Å². The molecule has 3 aromatic rings. The third kappa shape index (κ3) is 2.30. The molecule has 0 unspecified atom stereocenters. The van der Waals surface area contributed by atoms with E-state index in [-0.39, 0.29) is 5.78 Å². The minimum atomic E-state index is 0.0348. The molecule has 1 nitrogen and oxygen atoms in total. The van der Waals surface area contributed by atoms with Gasteiger partial charge in [-0.2, -0.15) is 0 Å². The van der Waals surface area contributed by atoms with Crippen molar-refractivity contribution in [2.75, 3.05) is 0 Å². The molecule has 0 bridgehead atoms. The van der Waals surface area contributed by atoms with E-state index >= 15 is 0 Å². The standard InChI is InChI=1S/C21H13ClO/c22-16-11-12-17-18(13-16)21(23)20(15-9-5-2-6-10-15)19(17)14-7-3-1-4-8-14/h1-13H. The Morgan fingerprint density at radius 1 is 0.609 bits per heavy atom. The van der Waals surface area contributed by atoms with E-state index in [4.69, 9.17) is 11.6 Å². The van der Waals surface area contributed by atoms with Crippen molar-refractivity contribution < 1.29 is 4.79 Å². The van der Waals surface area contributed by atoms with Crippen molar-refractivity contribution in [3.63, 3.8) is 0 Å². The lowest BCUT2D eigenvalue weighted by Gasteiger charge is -2.08. The molecule has 0 aliphatic heterocycles. The van der Waals surface area contributed by atoms with Gasteiger partial charge in [0, 0.05) is 21.7 Å². The van der Waals surface area contributed by atoms with Crippen molar-refractivity contribution in [3.8, 4) is 0 Å². The molecule has 1 aliphatic rings. The molecular weight excluding hydrogens is 304 g/mol. The number of hydrogen-bond donors (Lipinski definition) is 0. The molecule has 0 aromatic heterocycles. The van der Waals surface area contributed by atoms with Gasteiger partial charge < -0.3 is 0 Å². The van der Waals surface area contributed by atoms with Crippen LogP contribution in [0, 0.1) is 0 Å². The van der Waals surface area contributed by atoms with Crippen LogP contribution >= 0.6 is 11.6 Å². The second-order valence-corrected chi connectivity index (χ2v) is 5.94. The van der Waals surface area contributed by atoms with Gasteiger partial charge in [-0.3, -0.25) is 4.79 Å². The fourth-order valence-electron chi connectivity index (χ4n) is 3.09. The van der Waals surface area contributed by atoms with Gasteiger partial charge in [0.2, 0.25) is 0 Å². The first kappa shape index (κ1) is 14.0. The summed E-state index contributed by atoms with van der Waals surface area (Å²) < 4.78 is 0. The van der Waals surface area contributed by atoms with Gasteiger partial charge >= 0.3 is 0 Å². The van der Waals surface area contributed by atoms with E-state index in [2.05, 4.69) is 0 Å². The summed E-state index contributed by atoms with van der Waals surface area (Å²) in [4.78, 5) is 13.0. The van der Waals surface area contributed by atoms with Crippen molar-refractivity contribution in [3.05, 3.63) is 106 Å². The zero-order chi connectivity index (χ0) is 15.8. The van der Waals surface area contributed by atoms with Crippen molar-refractivity contribution in [2.45, 2.75) is 0 Å². The van der Waals surface area contributed by atoms with Crippen LogP contribution in [0.15, 0.2) is 78.9 Å². The summed E-state index contributed by atoms with van der Waals surface area (Å²) in [5.74, 6) is 0.0348. The number of benzene rings is 3. The predicted octanol–water partition coefficient (Wildman–Crippen LogP) is 5.50. The summed E-state index contributed by atoms with van der Waals surface area (Å²) in [7, 11) is 0. The van der Waals surface area contributed by atoms with Crippen LogP contribution in [0.2, 0.25) is 5.02 Å². The lowest BCUT2D eigenvalue weighted by atomic mass is 9.94. The number of Topliss-reactive ketones (excluding diaryl/α,β-unsaturated/α-hetero) is 1. The summed E-state index contributed by atoms with van der Waals surface area (Å²) in [6.07, 6.45) is 0. The highest BCUT2D eigenvalue weighted by Gasteiger charge is 2.31. The van der Waals surface area contributed by atoms with Crippen LogP contribution in [0.3, 0.4) is 0 Å². The smallest absolute Gasteiger partial charge is 0.194 e. The lowest BCUT2D eigenvalue weighted by Crippen LogP contribution is -1.98. The van der Waals surface area contributed by atoms with Gasteiger partial charge in [0.05, 0.1) is 0 Å². The van der Waals surface area contributed by atoms with Crippen LogP contribution in [0.1, 0.15) is 27.0 Å². The molecule has 0 radical (unpaired) electrons. The molecule has 3 aromatic carbocycles. The van der Waals surface area contributed by atoms with E-state index in [1.807, 2.05) is 72.8 Å². The second kappa shape index (κ2) is 5.53. The van der Waals surface area contributed by atoms with Crippen LogP contribution in [0.4, 0.5) is 0 Å². The molecule has 0 atom stereocenters. The van der Waals surface area contributed by atoms with Gasteiger partial charge in [-0.15, -0.1) is 0 Å². The molecule has 2 heteroatoms. The van der Waals surface area contributed by atoms with Crippen LogP contribution in [0.25, 0.3) is 11.1 Å². The third-order valence-electron chi connectivity index (χ3n) is 4.10. The van der Waals surface area contributed by atoms with E-state index in [1.54, 1.807) is 6.07 Å². The zero-order valence-corrected chi connectivity index (χ0v) is 13.0. The minimum absolute atomic E-state index is 0.0348. The monoisotopic (exact) mass is 316 g/mol. The fraction of sp³-hybridized carbons (Fsp3) is 0. The maximum Gasteiger partial charge on any atom is 0.194 e. The molecule has 1 aliphatic carbocycles. The van der Waals surface area contributed by atoms with Crippen molar-refractivity contribution in [1.82, 2.24) is 0 Å². The summed E-state index contributed by atoms with van der Waals surface area (Å²) in [6, 6.07) is 25.4. The van der Waals surface area contributed by atoms with E-state index in [0.29, 0.717) is 10.6 Å². The highest BCUT2D eigenvalue weighted by molar-refractivity contribution is 6.42. The third-order valence-corrected chi connectivity index (χ3v) is 4.33. The largest absolute Gasteiger partial charge is 0.289 e. The normalized spacial score (nSPS) is 13.3. The number of allylic oxidation sites excluding steroid dienone is 1. The first-order valence-corrected chi connectivity index (χ1v) is 7.83. The number of carbonyl (C=O) groups is 1. The highest BCUT2D eigenvalue weighted by Crippen LogP contribution is 2.42. The van der Waals surface area contributed by atoms with Gasteiger partial charge in [-0.1, -0.05) is 78.3 Å². The molecule has 23 heavy (non-hydrogen) atoms. The Balaban J connectivity index is 2.04. The number of fused-ring (bicyclic) bond motifs is 1. The topological polar surface area (TPSA) is 17.1 Å². The summed E-state index contributed by atoms with van der Waals surface area (Å²) in [5, 5.41) is 0.582. The van der Waals surface area contributed by atoms with E-state index in [1.165, 1.54) is 0 Å². The average Bonchev–Trinajstić information content (AvgIpc) is 2.89. The average molecular weight is 317 g/mol. The molecule has 0 saturated carbocycles. The summed E-state index contributed by atoms with van der Waals surface area (Å²) in [5.41, 5.74) is 5.33. The van der Waals surface area contributed by atoms with Crippen LogP contribution < -0.4 is 0 Å². The highest BCUT2D eigenvalue weighted by atomic mass is 35.5. The molecule has 0 N–H and O–H groups in total. The van der Waals surface area contributed by atoms with E-state index in [9.17, 15) is 4.79 Å². The number of carbonyl (C=O) groups excluding carboxylic acids is 1. The molecular formula is C21H13ClO. The number of halogens is 1.